The van der Waals surface area contributed by atoms with Crippen LogP contribution in [0.3, 0.4) is 0 Å². The van der Waals surface area contributed by atoms with Gasteiger partial charge >= 0.3 is 0 Å². The molecule has 7 nitrogen and oxygen atoms in total. The lowest BCUT2D eigenvalue weighted by Crippen LogP contribution is -2.27. The van der Waals surface area contributed by atoms with Gasteiger partial charge in [0.1, 0.15) is 0 Å². The molecule has 0 unspecified atom stereocenters. The average Bonchev–Trinajstić information content (AvgIpc) is 3.21. The van der Waals surface area contributed by atoms with E-state index >= 15 is 0 Å². The molecule has 0 aliphatic carbocycles. The molecule has 1 N–H and O–H groups in total. The van der Waals surface area contributed by atoms with Crippen LogP contribution < -0.4 is 19.1 Å². The van der Waals surface area contributed by atoms with Gasteiger partial charge in [0.2, 0.25) is 6.79 Å². The summed E-state index contributed by atoms with van der Waals surface area (Å²) >= 11 is 0. The number of fused-ring (bicyclic) bond motifs is 1. The molecule has 4 rings (SSSR count). The Bertz CT molecular complexity index is 1220. The summed E-state index contributed by atoms with van der Waals surface area (Å²) in [4.78, 5) is 12.7. The second kappa shape index (κ2) is 7.72. The van der Waals surface area contributed by atoms with E-state index in [9.17, 15) is 13.2 Å². The number of nitrogens with one attached hydrogen (secondary N) is 1. The summed E-state index contributed by atoms with van der Waals surface area (Å²) < 4.78 is 38.0. The molecule has 0 spiro atoms. The molecule has 3 aromatic carbocycles. The van der Waals surface area contributed by atoms with Crippen molar-refractivity contribution in [1.82, 2.24) is 0 Å². The van der Waals surface area contributed by atoms with E-state index in [0.29, 0.717) is 22.9 Å². The van der Waals surface area contributed by atoms with Crippen molar-refractivity contribution >= 4 is 27.3 Å². The van der Waals surface area contributed by atoms with E-state index < -0.39 is 15.9 Å². The topological polar surface area (TPSA) is 84.9 Å². The van der Waals surface area contributed by atoms with Crippen LogP contribution in [0.15, 0.2) is 71.6 Å². The van der Waals surface area contributed by atoms with Gasteiger partial charge in [-0.3, -0.25) is 9.10 Å². The first-order valence-corrected chi connectivity index (χ1v) is 10.7. The van der Waals surface area contributed by atoms with Gasteiger partial charge in [0.05, 0.1) is 10.6 Å². The predicted molar refractivity (Wildman–Crippen MR) is 114 cm³/mol. The van der Waals surface area contributed by atoms with Gasteiger partial charge in [-0.05, 0) is 48.9 Å². The van der Waals surface area contributed by atoms with Gasteiger partial charge in [0, 0.05) is 24.4 Å². The van der Waals surface area contributed by atoms with Gasteiger partial charge < -0.3 is 14.8 Å². The maximum absolute atomic E-state index is 13.1. The molecular weight excluding hydrogens is 404 g/mol. The maximum Gasteiger partial charge on any atom is 0.264 e. The molecule has 154 valence electrons. The zero-order valence-corrected chi connectivity index (χ0v) is 17.3. The number of benzene rings is 3. The standard InChI is InChI=1S/C22H20N2O5S/c1-15-6-3-4-9-19(15)24(2)30(26,27)18-8-5-7-16(12-18)22(25)23-17-10-11-20-21(13-17)29-14-28-20/h3-13H,14H2,1-2H3,(H,23,25). The largest absolute Gasteiger partial charge is 0.454 e. The van der Waals surface area contributed by atoms with E-state index in [-0.39, 0.29) is 17.3 Å². The highest BCUT2D eigenvalue weighted by Crippen LogP contribution is 2.34. The fourth-order valence-corrected chi connectivity index (χ4v) is 4.49. The number of nitrogens with zero attached hydrogens (tertiary/aromatic N) is 1. The molecule has 0 saturated heterocycles. The van der Waals surface area contributed by atoms with Gasteiger partial charge in [-0.2, -0.15) is 0 Å². The first kappa shape index (κ1) is 19.8. The molecule has 1 amide bonds. The Morgan fingerprint density at radius 3 is 2.53 bits per heavy atom. The molecule has 0 fully saturated rings. The van der Waals surface area contributed by atoms with Crippen molar-refractivity contribution in [1.29, 1.82) is 0 Å². The van der Waals surface area contributed by atoms with Crippen LogP contribution in [0.2, 0.25) is 0 Å². The molecular formula is C22H20N2O5S. The number of carbonyl (C=O) groups is 1. The smallest absolute Gasteiger partial charge is 0.264 e. The van der Waals surface area contributed by atoms with Crippen LogP contribution in [-0.4, -0.2) is 28.2 Å². The summed E-state index contributed by atoms with van der Waals surface area (Å²) in [6, 6.07) is 18.2. The number of para-hydroxylation sites is 1. The van der Waals surface area contributed by atoms with Crippen LogP contribution in [0, 0.1) is 6.92 Å². The highest BCUT2D eigenvalue weighted by Gasteiger charge is 2.23. The van der Waals surface area contributed by atoms with Crippen LogP contribution in [0.1, 0.15) is 15.9 Å². The Balaban J connectivity index is 1.59. The molecule has 1 aliphatic heterocycles. The minimum absolute atomic E-state index is 0.0339. The van der Waals surface area contributed by atoms with E-state index in [1.54, 1.807) is 42.5 Å². The molecule has 0 radical (unpaired) electrons. The Kier molecular flexibility index (Phi) is 5.09. The minimum atomic E-state index is -3.83. The molecule has 0 bridgehead atoms. The molecule has 0 aromatic heterocycles. The Labute approximate surface area is 174 Å². The van der Waals surface area contributed by atoms with Gasteiger partial charge in [-0.15, -0.1) is 0 Å². The zero-order valence-electron chi connectivity index (χ0n) is 16.5. The molecule has 1 heterocycles. The highest BCUT2D eigenvalue weighted by atomic mass is 32.2. The number of anilines is 2. The summed E-state index contributed by atoms with van der Waals surface area (Å²) in [6.45, 7) is 1.98. The van der Waals surface area contributed by atoms with Crippen LogP contribution in [0.25, 0.3) is 0 Å². The molecule has 30 heavy (non-hydrogen) atoms. The molecule has 1 aliphatic rings. The first-order chi connectivity index (χ1) is 14.4. The molecule has 3 aromatic rings. The molecule has 0 atom stereocenters. The van der Waals surface area contributed by atoms with E-state index in [4.69, 9.17) is 9.47 Å². The summed E-state index contributed by atoms with van der Waals surface area (Å²) in [5.74, 6) is 0.730. The van der Waals surface area contributed by atoms with E-state index in [2.05, 4.69) is 5.32 Å². The van der Waals surface area contributed by atoms with Crippen LogP contribution in [-0.2, 0) is 10.0 Å². The Morgan fingerprint density at radius 1 is 0.967 bits per heavy atom. The Hall–Kier alpha value is -3.52. The van der Waals surface area contributed by atoms with E-state index in [0.717, 1.165) is 5.56 Å². The van der Waals surface area contributed by atoms with Gasteiger partial charge in [-0.25, -0.2) is 8.42 Å². The van der Waals surface area contributed by atoms with Crippen molar-refractivity contribution in [2.24, 2.45) is 0 Å². The fraction of sp³-hybridized carbons (Fsp3) is 0.136. The number of ether oxygens (including phenoxy) is 2. The summed E-state index contributed by atoms with van der Waals surface area (Å²) in [6.07, 6.45) is 0. The summed E-state index contributed by atoms with van der Waals surface area (Å²) in [7, 11) is -2.34. The van der Waals surface area contributed by atoms with E-state index in [1.807, 2.05) is 19.1 Å². The normalized spacial score (nSPS) is 12.5. The van der Waals surface area contributed by atoms with Crippen molar-refractivity contribution in [2.45, 2.75) is 11.8 Å². The quantitative estimate of drug-likeness (QED) is 0.673. The second-order valence-electron chi connectivity index (χ2n) is 6.81. The number of hydrogen-bond acceptors (Lipinski definition) is 5. The van der Waals surface area contributed by atoms with Crippen molar-refractivity contribution in [2.75, 3.05) is 23.5 Å². The Morgan fingerprint density at radius 2 is 1.73 bits per heavy atom. The van der Waals surface area contributed by atoms with Crippen molar-refractivity contribution < 1.29 is 22.7 Å². The highest BCUT2D eigenvalue weighted by molar-refractivity contribution is 7.92. The summed E-state index contributed by atoms with van der Waals surface area (Å²) in [5.41, 5.74) is 2.16. The maximum atomic E-state index is 13.1. The average molecular weight is 424 g/mol. The number of hydrogen-bond donors (Lipinski definition) is 1. The number of carbonyl (C=O) groups excluding carboxylic acids is 1. The third-order valence-corrected chi connectivity index (χ3v) is 6.61. The first-order valence-electron chi connectivity index (χ1n) is 9.22. The number of rotatable bonds is 5. The lowest BCUT2D eigenvalue weighted by molar-refractivity contribution is 0.102. The molecule has 8 heteroatoms. The lowest BCUT2D eigenvalue weighted by atomic mass is 10.2. The molecule has 0 saturated carbocycles. The van der Waals surface area contributed by atoms with Crippen molar-refractivity contribution in [3.63, 3.8) is 0 Å². The second-order valence-corrected chi connectivity index (χ2v) is 8.78. The third kappa shape index (κ3) is 3.69. The van der Waals surface area contributed by atoms with Crippen LogP contribution in [0.4, 0.5) is 11.4 Å². The van der Waals surface area contributed by atoms with Crippen molar-refractivity contribution in [3.05, 3.63) is 77.9 Å². The summed E-state index contributed by atoms with van der Waals surface area (Å²) in [5, 5.41) is 2.75. The van der Waals surface area contributed by atoms with Gasteiger partial charge in [-0.1, -0.05) is 24.3 Å². The minimum Gasteiger partial charge on any atom is -0.454 e. The van der Waals surface area contributed by atoms with Crippen LogP contribution >= 0.6 is 0 Å². The van der Waals surface area contributed by atoms with E-state index in [1.165, 1.54) is 23.5 Å². The third-order valence-electron chi connectivity index (χ3n) is 4.84. The zero-order chi connectivity index (χ0) is 21.3. The van der Waals surface area contributed by atoms with Crippen LogP contribution in [0.5, 0.6) is 11.5 Å². The monoisotopic (exact) mass is 424 g/mol. The number of sulfonamides is 1. The lowest BCUT2D eigenvalue weighted by Gasteiger charge is -2.21. The predicted octanol–water partition coefficient (Wildman–Crippen LogP) is 3.80. The number of aryl methyl sites for hydroxylation is 1. The van der Waals surface area contributed by atoms with Gasteiger partial charge in [0.25, 0.3) is 15.9 Å². The van der Waals surface area contributed by atoms with Gasteiger partial charge in [0.15, 0.2) is 11.5 Å². The number of amides is 1. The fourth-order valence-electron chi connectivity index (χ4n) is 3.18. The SMILES string of the molecule is Cc1ccccc1N(C)S(=O)(=O)c1cccc(C(=O)Nc2ccc3c(c2)OCO3)c1. The van der Waals surface area contributed by atoms with Crippen molar-refractivity contribution in [3.8, 4) is 11.5 Å².